The average molecular weight is 591 g/mol. The maximum absolute atomic E-state index is 2.48. The Morgan fingerprint density at radius 1 is 0.615 bits per heavy atom. The van der Waals surface area contributed by atoms with Crippen LogP contribution in [0.3, 0.4) is 0 Å². The van der Waals surface area contributed by atoms with E-state index < -0.39 is 0 Å². The average Bonchev–Trinajstić information content (AvgIpc) is 3.74. The van der Waals surface area contributed by atoms with Crippen LogP contribution in [0.4, 0.5) is 0 Å². The Labute approximate surface area is 252 Å². The quantitative estimate of drug-likeness (QED) is 0.128. The van der Waals surface area contributed by atoms with Gasteiger partial charge in [-0.15, -0.1) is 45.3 Å². The zero-order chi connectivity index (χ0) is 27.2. The van der Waals surface area contributed by atoms with E-state index in [4.69, 9.17) is 0 Å². The van der Waals surface area contributed by atoms with Gasteiger partial charge in [0.25, 0.3) is 0 Å². The Morgan fingerprint density at radius 2 is 1.33 bits per heavy atom. The van der Waals surface area contributed by atoms with E-state index in [1.165, 1.54) is 120 Å². The minimum Gasteiger partial charge on any atom is -0.140 e. The first-order valence-corrected chi connectivity index (χ1v) is 18.1. The molecule has 0 amide bonds. The molecule has 0 bridgehead atoms. The molecule has 0 aromatic carbocycles. The van der Waals surface area contributed by atoms with E-state index in [0.29, 0.717) is 0 Å². The molecule has 0 saturated carbocycles. The fraction of sp³-hybridized carbons (Fsp3) is 0.429. The van der Waals surface area contributed by atoms with Crippen molar-refractivity contribution in [3.63, 3.8) is 0 Å². The second-order valence-corrected chi connectivity index (χ2v) is 15.7. The Balaban J connectivity index is 1.37. The van der Waals surface area contributed by atoms with Crippen molar-refractivity contribution in [2.45, 2.75) is 98.3 Å². The highest BCUT2D eigenvalue weighted by Gasteiger charge is 2.20. The van der Waals surface area contributed by atoms with E-state index in [9.17, 15) is 0 Å². The molecule has 39 heavy (non-hydrogen) atoms. The van der Waals surface area contributed by atoms with Gasteiger partial charge in [-0.05, 0) is 93.5 Å². The van der Waals surface area contributed by atoms with Crippen molar-refractivity contribution in [1.29, 1.82) is 0 Å². The highest BCUT2D eigenvalue weighted by atomic mass is 32.1. The van der Waals surface area contributed by atoms with Crippen molar-refractivity contribution >= 4 is 50.9 Å². The number of allylic oxidation sites excluding steroid dienone is 4. The smallest absolute Gasteiger partial charge is 0.0536 e. The lowest BCUT2D eigenvalue weighted by atomic mass is 10.00. The normalized spacial score (nSPS) is 13.3. The molecule has 1 aliphatic rings. The molecule has 0 spiro atoms. The third-order valence-corrected chi connectivity index (χ3v) is 12.4. The molecular formula is C35H42S4. The summed E-state index contributed by atoms with van der Waals surface area (Å²) >= 11 is 7.89. The van der Waals surface area contributed by atoms with Crippen molar-refractivity contribution in [2.75, 3.05) is 0 Å². The van der Waals surface area contributed by atoms with Crippen LogP contribution < -0.4 is 0 Å². The van der Waals surface area contributed by atoms with Gasteiger partial charge in [-0.3, -0.25) is 0 Å². The second-order valence-electron chi connectivity index (χ2n) is 10.9. The SMILES string of the molecule is CCCCCCC1=CC=C(c2cc(-c3cc(-c4ccc(CCCCCC)s4)c(-c4ccc(C)s4)s3)sc2C)C1. The van der Waals surface area contributed by atoms with E-state index in [-0.39, 0.29) is 0 Å². The summed E-state index contributed by atoms with van der Waals surface area (Å²) in [6.45, 7) is 9.11. The molecule has 4 heterocycles. The molecule has 0 radical (unpaired) electrons. The van der Waals surface area contributed by atoms with Crippen molar-refractivity contribution in [1.82, 2.24) is 0 Å². The number of hydrogen-bond donors (Lipinski definition) is 0. The molecule has 0 fully saturated rings. The monoisotopic (exact) mass is 590 g/mol. The minimum absolute atomic E-state index is 1.13. The third kappa shape index (κ3) is 7.14. The van der Waals surface area contributed by atoms with Crippen LogP contribution in [-0.4, -0.2) is 0 Å². The largest absolute Gasteiger partial charge is 0.140 e. The van der Waals surface area contributed by atoms with Crippen LogP contribution in [0, 0.1) is 13.8 Å². The summed E-state index contributed by atoms with van der Waals surface area (Å²) in [6.07, 6.45) is 19.1. The fourth-order valence-electron chi connectivity index (χ4n) is 5.46. The molecule has 4 aromatic rings. The van der Waals surface area contributed by atoms with Gasteiger partial charge in [0.05, 0.1) is 4.88 Å². The molecule has 206 valence electrons. The standard InChI is InChI=1S/C35H42S4/c1-5-7-9-11-13-26-16-17-27(21-26)29-22-33(37-25(29)4)34-23-30(35(39-34)32-19-15-24(3)36-32)31-20-18-28(38-31)14-12-10-8-6-2/h15-20,22-23H,5-14,21H2,1-4H3. The number of aryl methyl sites for hydroxylation is 3. The summed E-state index contributed by atoms with van der Waals surface area (Å²) in [5.41, 5.74) is 6.01. The van der Waals surface area contributed by atoms with Crippen molar-refractivity contribution in [3.8, 4) is 29.9 Å². The number of thiophene rings is 4. The third-order valence-electron chi connectivity index (χ3n) is 7.70. The lowest BCUT2D eigenvalue weighted by Gasteiger charge is -2.05. The first-order valence-electron chi connectivity index (χ1n) is 14.8. The summed E-state index contributed by atoms with van der Waals surface area (Å²) < 4.78 is 0. The van der Waals surface area contributed by atoms with Gasteiger partial charge >= 0.3 is 0 Å². The minimum atomic E-state index is 1.13. The second kappa shape index (κ2) is 13.8. The predicted octanol–water partition coefficient (Wildman–Crippen LogP) is 13.4. The zero-order valence-corrected chi connectivity index (χ0v) is 27.3. The Morgan fingerprint density at radius 3 is 2.08 bits per heavy atom. The van der Waals surface area contributed by atoms with Gasteiger partial charge in [-0.2, -0.15) is 0 Å². The van der Waals surface area contributed by atoms with E-state index in [2.05, 4.69) is 76.2 Å². The van der Waals surface area contributed by atoms with Crippen LogP contribution in [0.25, 0.3) is 35.5 Å². The van der Waals surface area contributed by atoms with Gasteiger partial charge in [-0.1, -0.05) is 70.1 Å². The van der Waals surface area contributed by atoms with Crippen LogP contribution in [0.2, 0.25) is 0 Å². The molecule has 0 N–H and O–H groups in total. The van der Waals surface area contributed by atoms with Gasteiger partial charge in [0, 0.05) is 39.7 Å². The molecule has 0 unspecified atom stereocenters. The maximum Gasteiger partial charge on any atom is 0.0536 e. The summed E-state index contributed by atoms with van der Waals surface area (Å²) in [4.78, 5) is 11.5. The van der Waals surface area contributed by atoms with Gasteiger partial charge < -0.3 is 0 Å². The van der Waals surface area contributed by atoms with Gasteiger partial charge in [-0.25, -0.2) is 0 Å². The summed E-state index contributed by atoms with van der Waals surface area (Å²) in [5, 5.41) is 0. The predicted molar refractivity (Wildman–Crippen MR) is 181 cm³/mol. The van der Waals surface area contributed by atoms with Crippen LogP contribution >= 0.6 is 45.3 Å². The molecule has 5 rings (SSSR count). The molecule has 0 atom stereocenters. The van der Waals surface area contributed by atoms with Gasteiger partial charge in [0.1, 0.15) is 0 Å². The lowest BCUT2D eigenvalue weighted by Crippen LogP contribution is -1.85. The highest BCUT2D eigenvalue weighted by molar-refractivity contribution is 7.27. The number of rotatable bonds is 14. The molecule has 0 aliphatic heterocycles. The molecule has 4 heteroatoms. The van der Waals surface area contributed by atoms with E-state index >= 15 is 0 Å². The number of unbranched alkanes of at least 4 members (excludes halogenated alkanes) is 6. The molecule has 0 saturated heterocycles. The van der Waals surface area contributed by atoms with Crippen molar-refractivity contribution in [2.24, 2.45) is 0 Å². The van der Waals surface area contributed by atoms with Crippen LogP contribution in [0.1, 0.15) is 98.3 Å². The van der Waals surface area contributed by atoms with Crippen molar-refractivity contribution < 1.29 is 0 Å². The summed E-state index contributed by atoms with van der Waals surface area (Å²) in [6, 6.07) is 14.3. The topological polar surface area (TPSA) is 0 Å². The summed E-state index contributed by atoms with van der Waals surface area (Å²) in [5.74, 6) is 0. The Bertz CT molecular complexity index is 1430. The molecule has 4 aromatic heterocycles. The van der Waals surface area contributed by atoms with Gasteiger partial charge in [0.15, 0.2) is 0 Å². The first-order chi connectivity index (χ1) is 19.1. The van der Waals surface area contributed by atoms with E-state index in [1.807, 2.05) is 45.3 Å². The van der Waals surface area contributed by atoms with E-state index in [1.54, 1.807) is 5.57 Å². The van der Waals surface area contributed by atoms with Crippen molar-refractivity contribution in [3.05, 3.63) is 74.3 Å². The Hall–Kier alpha value is -1.72. The van der Waals surface area contributed by atoms with Gasteiger partial charge in [0.2, 0.25) is 0 Å². The number of hydrogen-bond acceptors (Lipinski definition) is 4. The molecular weight excluding hydrogens is 549 g/mol. The van der Waals surface area contributed by atoms with Crippen LogP contribution in [-0.2, 0) is 6.42 Å². The summed E-state index contributed by atoms with van der Waals surface area (Å²) in [7, 11) is 0. The van der Waals surface area contributed by atoms with E-state index in [0.717, 1.165) is 6.42 Å². The molecule has 0 nitrogen and oxygen atoms in total. The van der Waals surface area contributed by atoms with Crippen LogP contribution in [0.5, 0.6) is 0 Å². The molecule has 1 aliphatic carbocycles. The maximum atomic E-state index is 2.48. The lowest BCUT2D eigenvalue weighted by molar-refractivity contribution is 0.662. The Kier molecular flexibility index (Phi) is 10.2. The fourth-order valence-corrected chi connectivity index (χ4v) is 9.89. The van der Waals surface area contributed by atoms with Crippen LogP contribution in [0.15, 0.2) is 54.1 Å². The zero-order valence-electron chi connectivity index (χ0n) is 24.0. The highest BCUT2D eigenvalue weighted by Crippen LogP contribution is 2.49. The first kappa shape index (κ1) is 28.8.